The highest BCUT2D eigenvalue weighted by Gasteiger charge is 2.42. The van der Waals surface area contributed by atoms with E-state index in [1.165, 1.54) is 57.9 Å². The van der Waals surface area contributed by atoms with Gasteiger partial charge < -0.3 is 5.73 Å². The summed E-state index contributed by atoms with van der Waals surface area (Å²) in [5, 5.41) is 0. The van der Waals surface area contributed by atoms with Crippen LogP contribution >= 0.6 is 0 Å². The molecule has 0 aromatic heterocycles. The summed E-state index contributed by atoms with van der Waals surface area (Å²) in [6.07, 6.45) is 11.7. The zero-order valence-corrected chi connectivity index (χ0v) is 10.4. The highest BCUT2D eigenvalue weighted by atomic mass is 15.2. The van der Waals surface area contributed by atoms with E-state index in [1.807, 2.05) is 0 Å². The number of nitrogens with two attached hydrogens (primary N) is 1. The van der Waals surface area contributed by atoms with Crippen molar-refractivity contribution >= 4 is 0 Å². The van der Waals surface area contributed by atoms with E-state index in [9.17, 15) is 0 Å². The highest BCUT2D eigenvalue weighted by Crippen LogP contribution is 2.41. The van der Waals surface area contributed by atoms with Gasteiger partial charge in [0.05, 0.1) is 0 Å². The zero-order valence-electron chi connectivity index (χ0n) is 10.4. The van der Waals surface area contributed by atoms with Crippen molar-refractivity contribution in [3.05, 3.63) is 0 Å². The van der Waals surface area contributed by atoms with Crippen LogP contribution in [-0.2, 0) is 0 Å². The van der Waals surface area contributed by atoms with Crippen LogP contribution in [0.1, 0.15) is 51.4 Å². The molecule has 2 heteroatoms. The molecule has 2 bridgehead atoms. The average Bonchev–Trinajstić information content (AvgIpc) is 2.40. The maximum absolute atomic E-state index is 5.90. The molecule has 0 amide bonds. The highest BCUT2D eigenvalue weighted by molar-refractivity contribution is 4.96. The first-order valence-corrected chi connectivity index (χ1v) is 7.34. The minimum Gasteiger partial charge on any atom is -0.330 e. The normalized spacial score (nSPS) is 41.4. The number of hydrogen-bond acceptors (Lipinski definition) is 2. The lowest BCUT2D eigenvalue weighted by atomic mass is 9.71. The quantitative estimate of drug-likeness (QED) is 0.777. The van der Waals surface area contributed by atoms with Gasteiger partial charge in [0.15, 0.2) is 0 Å². The smallest absolute Gasteiger partial charge is 0.0102 e. The first kappa shape index (κ1) is 11.0. The third-order valence-corrected chi connectivity index (χ3v) is 5.37. The molecule has 0 aromatic rings. The lowest BCUT2D eigenvalue weighted by Gasteiger charge is -2.53. The summed E-state index contributed by atoms with van der Waals surface area (Å²) in [5.74, 6) is 1.77. The second kappa shape index (κ2) is 4.66. The molecular formula is C14H26N2. The zero-order chi connectivity index (χ0) is 11.0. The number of rotatable bonds is 2. The average molecular weight is 222 g/mol. The Balaban J connectivity index is 1.65. The molecule has 2 aliphatic carbocycles. The number of nitrogens with zero attached hydrogens (tertiary/aromatic N) is 1. The predicted molar refractivity (Wildman–Crippen MR) is 67.3 cm³/mol. The summed E-state index contributed by atoms with van der Waals surface area (Å²) in [4.78, 5) is 2.87. The third-order valence-electron chi connectivity index (χ3n) is 5.37. The van der Waals surface area contributed by atoms with Gasteiger partial charge in [0.1, 0.15) is 0 Å². The van der Waals surface area contributed by atoms with Gasteiger partial charge in [-0.3, -0.25) is 4.90 Å². The molecule has 2 aliphatic heterocycles. The molecule has 4 rings (SSSR count). The van der Waals surface area contributed by atoms with Gasteiger partial charge in [0.2, 0.25) is 0 Å². The van der Waals surface area contributed by atoms with Crippen molar-refractivity contribution in [1.29, 1.82) is 0 Å². The van der Waals surface area contributed by atoms with Crippen molar-refractivity contribution in [3.63, 3.8) is 0 Å². The van der Waals surface area contributed by atoms with Gasteiger partial charge in [-0.2, -0.15) is 0 Å². The molecule has 0 radical (unpaired) electrons. The molecule has 3 unspecified atom stereocenters. The standard InChI is InChI=1S/C14H26N2/c15-9-12-8-14-7-6-11(12)10-16(14)13-4-2-1-3-5-13/h11-14H,1-10,15H2. The Hall–Kier alpha value is -0.0800. The Bertz CT molecular complexity index is 235. The fourth-order valence-electron chi connectivity index (χ4n) is 4.41. The Kier molecular flexibility index (Phi) is 3.21. The summed E-state index contributed by atoms with van der Waals surface area (Å²) in [5.41, 5.74) is 5.90. The first-order valence-electron chi connectivity index (χ1n) is 7.34. The second-order valence-corrected chi connectivity index (χ2v) is 6.21. The minimum atomic E-state index is 0.846. The van der Waals surface area contributed by atoms with Crippen LogP contribution in [0.5, 0.6) is 0 Å². The van der Waals surface area contributed by atoms with Crippen LogP contribution in [0.4, 0.5) is 0 Å². The van der Waals surface area contributed by atoms with Gasteiger partial charge in [-0.1, -0.05) is 19.3 Å². The molecule has 2 saturated heterocycles. The Morgan fingerprint density at radius 2 is 1.75 bits per heavy atom. The van der Waals surface area contributed by atoms with E-state index in [1.54, 1.807) is 0 Å². The van der Waals surface area contributed by atoms with E-state index in [0.29, 0.717) is 0 Å². The van der Waals surface area contributed by atoms with Crippen LogP contribution in [-0.4, -0.2) is 30.1 Å². The summed E-state index contributed by atoms with van der Waals surface area (Å²) in [6, 6.07) is 1.82. The summed E-state index contributed by atoms with van der Waals surface area (Å²) >= 11 is 0. The molecule has 4 fully saturated rings. The number of piperidine rings is 2. The molecule has 16 heavy (non-hydrogen) atoms. The number of fused-ring (bicyclic) bond motifs is 3. The van der Waals surface area contributed by atoms with Gasteiger partial charge in [0, 0.05) is 18.6 Å². The van der Waals surface area contributed by atoms with Crippen LogP contribution in [0.3, 0.4) is 0 Å². The van der Waals surface area contributed by atoms with Crippen molar-refractivity contribution < 1.29 is 0 Å². The Morgan fingerprint density at radius 3 is 2.38 bits per heavy atom. The van der Waals surface area contributed by atoms with E-state index < -0.39 is 0 Å². The Morgan fingerprint density at radius 1 is 0.938 bits per heavy atom. The van der Waals surface area contributed by atoms with Crippen LogP contribution in [0, 0.1) is 11.8 Å². The van der Waals surface area contributed by atoms with Crippen molar-refractivity contribution in [2.24, 2.45) is 17.6 Å². The lowest BCUT2D eigenvalue weighted by molar-refractivity contribution is -0.0289. The van der Waals surface area contributed by atoms with E-state index in [-0.39, 0.29) is 0 Å². The third kappa shape index (κ3) is 1.91. The molecule has 92 valence electrons. The fourth-order valence-corrected chi connectivity index (χ4v) is 4.41. The molecule has 3 atom stereocenters. The largest absolute Gasteiger partial charge is 0.330 e. The number of hydrogen-bond donors (Lipinski definition) is 1. The van der Waals surface area contributed by atoms with E-state index in [0.717, 1.165) is 30.5 Å². The fraction of sp³-hybridized carbons (Fsp3) is 1.00. The van der Waals surface area contributed by atoms with Gasteiger partial charge in [-0.25, -0.2) is 0 Å². The maximum atomic E-state index is 5.90. The van der Waals surface area contributed by atoms with Gasteiger partial charge in [0.25, 0.3) is 0 Å². The summed E-state index contributed by atoms with van der Waals surface area (Å²) < 4.78 is 0. The maximum Gasteiger partial charge on any atom is 0.0102 e. The second-order valence-electron chi connectivity index (χ2n) is 6.21. The van der Waals surface area contributed by atoms with Crippen molar-refractivity contribution in [3.8, 4) is 0 Å². The summed E-state index contributed by atoms with van der Waals surface area (Å²) in [6.45, 7) is 2.30. The predicted octanol–water partition coefficient (Wildman–Crippen LogP) is 2.38. The van der Waals surface area contributed by atoms with Crippen LogP contribution in [0.25, 0.3) is 0 Å². The monoisotopic (exact) mass is 222 g/mol. The molecule has 2 N–H and O–H groups in total. The first-order chi connectivity index (χ1) is 7.88. The van der Waals surface area contributed by atoms with Crippen LogP contribution < -0.4 is 5.73 Å². The Labute approximate surface area is 99.6 Å². The molecule has 4 aliphatic rings. The van der Waals surface area contributed by atoms with Gasteiger partial charge in [-0.05, 0) is 50.5 Å². The van der Waals surface area contributed by atoms with Crippen LogP contribution in [0.2, 0.25) is 0 Å². The molecule has 0 spiro atoms. The minimum absolute atomic E-state index is 0.846. The van der Waals surface area contributed by atoms with E-state index in [4.69, 9.17) is 5.73 Å². The van der Waals surface area contributed by atoms with Crippen molar-refractivity contribution in [1.82, 2.24) is 4.90 Å². The SMILES string of the molecule is NCC1CC2CCC1CN2C1CCCCC1. The van der Waals surface area contributed by atoms with Crippen LogP contribution in [0.15, 0.2) is 0 Å². The topological polar surface area (TPSA) is 29.3 Å². The lowest BCUT2D eigenvalue weighted by Crippen LogP contribution is -2.57. The van der Waals surface area contributed by atoms with Crippen molar-refractivity contribution in [2.75, 3.05) is 13.1 Å². The summed E-state index contributed by atoms with van der Waals surface area (Å²) in [7, 11) is 0. The molecule has 2 saturated carbocycles. The van der Waals surface area contributed by atoms with Crippen molar-refractivity contribution in [2.45, 2.75) is 63.5 Å². The molecule has 0 aromatic carbocycles. The molecule has 2 heterocycles. The van der Waals surface area contributed by atoms with E-state index >= 15 is 0 Å². The van der Waals surface area contributed by atoms with Gasteiger partial charge >= 0.3 is 0 Å². The molecular weight excluding hydrogens is 196 g/mol. The van der Waals surface area contributed by atoms with Gasteiger partial charge in [-0.15, -0.1) is 0 Å². The van der Waals surface area contributed by atoms with E-state index in [2.05, 4.69) is 4.90 Å². The molecule has 2 nitrogen and oxygen atoms in total.